The number of hydrogen-bond acceptors (Lipinski definition) is 4. The number of rotatable bonds is 6. The molecule has 0 saturated carbocycles. The van der Waals surface area contributed by atoms with E-state index < -0.39 is 5.97 Å². The summed E-state index contributed by atoms with van der Waals surface area (Å²) in [5, 5.41) is 18.0. The fourth-order valence-corrected chi connectivity index (χ4v) is 3.66. The molecule has 0 spiro atoms. The molecule has 2 aromatic heterocycles. The van der Waals surface area contributed by atoms with Crippen LogP contribution in [0.3, 0.4) is 0 Å². The van der Waals surface area contributed by atoms with Crippen LogP contribution in [0.25, 0.3) is 16.9 Å². The molecule has 0 amide bonds. The minimum atomic E-state index is -0.983. The molecule has 6 nitrogen and oxygen atoms in total. The number of anilines is 2. The molecule has 4 rings (SSSR count). The molecule has 0 aliphatic heterocycles. The van der Waals surface area contributed by atoms with Gasteiger partial charge in [-0.05, 0) is 49.6 Å². The minimum Gasteiger partial charge on any atom is -0.478 e. The lowest BCUT2D eigenvalue weighted by Crippen LogP contribution is -2.09. The van der Waals surface area contributed by atoms with Crippen LogP contribution in [0.15, 0.2) is 66.9 Å². The molecule has 0 aliphatic rings. The second kappa shape index (κ2) is 8.44. The summed E-state index contributed by atoms with van der Waals surface area (Å²) in [6.45, 7) is 5.92. The molecule has 4 aromatic rings. The van der Waals surface area contributed by atoms with E-state index in [-0.39, 0.29) is 5.56 Å². The van der Waals surface area contributed by atoms with Crippen molar-refractivity contribution in [3.63, 3.8) is 0 Å². The molecule has 0 saturated heterocycles. The fraction of sp³-hybridized carbons (Fsp3) is 0.160. The van der Waals surface area contributed by atoms with Gasteiger partial charge in [-0.25, -0.2) is 9.78 Å². The third-order valence-corrected chi connectivity index (χ3v) is 5.20. The number of carbonyl (C=O) groups is 1. The Morgan fingerprint density at radius 1 is 1.06 bits per heavy atom. The predicted molar refractivity (Wildman–Crippen MR) is 122 cm³/mol. The lowest BCUT2D eigenvalue weighted by molar-refractivity contribution is 0.0698. The zero-order chi connectivity index (χ0) is 22.0. The molecule has 2 heterocycles. The third kappa shape index (κ3) is 3.92. The monoisotopic (exact) mass is 412 g/mol. The van der Waals surface area contributed by atoms with E-state index in [9.17, 15) is 9.90 Å². The number of aromatic carboxylic acids is 1. The molecule has 2 aromatic carbocycles. The van der Waals surface area contributed by atoms with Crippen molar-refractivity contribution in [2.75, 3.05) is 5.32 Å². The Hall–Kier alpha value is -3.93. The van der Waals surface area contributed by atoms with Crippen molar-refractivity contribution in [1.82, 2.24) is 14.8 Å². The Morgan fingerprint density at radius 2 is 1.84 bits per heavy atom. The molecule has 0 unspecified atom stereocenters. The van der Waals surface area contributed by atoms with Gasteiger partial charge in [-0.2, -0.15) is 9.78 Å². The number of nitrogens with zero attached hydrogens (tertiary/aromatic N) is 3. The van der Waals surface area contributed by atoms with Crippen molar-refractivity contribution in [2.24, 2.45) is 0 Å². The van der Waals surface area contributed by atoms with Crippen molar-refractivity contribution in [1.29, 1.82) is 0 Å². The van der Waals surface area contributed by atoms with Gasteiger partial charge in [-0.3, -0.25) is 0 Å². The highest BCUT2D eigenvalue weighted by Gasteiger charge is 2.22. The second-order valence-electron chi connectivity index (χ2n) is 7.42. The lowest BCUT2D eigenvalue weighted by Gasteiger charge is -2.15. The smallest absolute Gasteiger partial charge is 0.337 e. The summed E-state index contributed by atoms with van der Waals surface area (Å²) in [7, 11) is 0. The van der Waals surface area contributed by atoms with E-state index in [4.69, 9.17) is 5.10 Å². The largest absolute Gasteiger partial charge is 0.478 e. The molecule has 0 aliphatic carbocycles. The van der Waals surface area contributed by atoms with Crippen molar-refractivity contribution >= 4 is 17.5 Å². The summed E-state index contributed by atoms with van der Waals surface area (Å²) in [5.74, 6) is 0.408. The molecule has 31 heavy (non-hydrogen) atoms. The summed E-state index contributed by atoms with van der Waals surface area (Å²) in [6.07, 6.45) is 2.45. The Morgan fingerprint density at radius 3 is 2.52 bits per heavy atom. The van der Waals surface area contributed by atoms with Crippen LogP contribution in [0, 0.1) is 13.8 Å². The van der Waals surface area contributed by atoms with Crippen LogP contribution in [0.5, 0.6) is 0 Å². The lowest BCUT2D eigenvalue weighted by atomic mass is 10.0. The van der Waals surface area contributed by atoms with E-state index in [2.05, 4.69) is 17.2 Å². The van der Waals surface area contributed by atoms with Crippen LogP contribution in [0.4, 0.5) is 11.5 Å². The number of hydrogen-bond donors (Lipinski definition) is 2. The summed E-state index contributed by atoms with van der Waals surface area (Å²) >= 11 is 0. The first-order chi connectivity index (χ1) is 15.0. The summed E-state index contributed by atoms with van der Waals surface area (Å²) < 4.78 is 1.78. The average molecular weight is 412 g/mol. The van der Waals surface area contributed by atoms with Gasteiger partial charge in [0.1, 0.15) is 5.82 Å². The van der Waals surface area contributed by atoms with Crippen molar-refractivity contribution in [2.45, 2.75) is 27.2 Å². The van der Waals surface area contributed by atoms with Gasteiger partial charge in [0, 0.05) is 11.8 Å². The van der Waals surface area contributed by atoms with E-state index in [0.717, 1.165) is 34.4 Å². The fourth-order valence-electron chi connectivity index (χ4n) is 3.66. The topological polar surface area (TPSA) is 80.0 Å². The van der Waals surface area contributed by atoms with Crippen LogP contribution in [0.1, 0.15) is 34.1 Å². The maximum atomic E-state index is 11.9. The molecular formula is C25H24N4O2. The number of aromatic nitrogens is 3. The molecule has 0 atom stereocenters. The highest BCUT2D eigenvalue weighted by atomic mass is 16.4. The molecule has 0 radical (unpaired) electrons. The van der Waals surface area contributed by atoms with E-state index in [1.54, 1.807) is 23.0 Å². The van der Waals surface area contributed by atoms with Crippen molar-refractivity contribution < 1.29 is 9.90 Å². The predicted octanol–water partition coefficient (Wildman–Crippen LogP) is 5.56. The maximum absolute atomic E-state index is 11.9. The van der Waals surface area contributed by atoms with Crippen LogP contribution in [0.2, 0.25) is 0 Å². The van der Waals surface area contributed by atoms with Crippen LogP contribution in [-0.2, 0) is 6.42 Å². The summed E-state index contributed by atoms with van der Waals surface area (Å²) in [5.41, 5.74) is 5.42. The number of nitrogens with one attached hydrogen (secondary N) is 1. The van der Waals surface area contributed by atoms with Gasteiger partial charge >= 0.3 is 5.97 Å². The van der Waals surface area contributed by atoms with Gasteiger partial charge in [0.2, 0.25) is 0 Å². The minimum absolute atomic E-state index is 0.211. The Balaban J connectivity index is 1.99. The Kier molecular flexibility index (Phi) is 5.54. The summed E-state index contributed by atoms with van der Waals surface area (Å²) in [6, 6.07) is 19.2. The highest BCUT2D eigenvalue weighted by Crippen LogP contribution is 2.36. The van der Waals surface area contributed by atoms with E-state index in [0.29, 0.717) is 17.3 Å². The normalized spacial score (nSPS) is 10.8. The molecule has 6 heteroatoms. The zero-order valence-corrected chi connectivity index (χ0v) is 17.8. The van der Waals surface area contributed by atoms with E-state index in [1.165, 1.54) is 0 Å². The van der Waals surface area contributed by atoms with Crippen LogP contribution >= 0.6 is 0 Å². The number of benzene rings is 2. The number of carboxylic acids is 1. The SMILES string of the molecule is CCc1nn(-c2ncccc2C)c(Nc2ccc(C)cc2C(=O)O)c1-c1ccccc1. The molecule has 0 bridgehead atoms. The third-order valence-electron chi connectivity index (χ3n) is 5.20. The van der Waals surface area contributed by atoms with Gasteiger partial charge in [0.25, 0.3) is 0 Å². The number of aryl methyl sites for hydroxylation is 3. The maximum Gasteiger partial charge on any atom is 0.337 e. The van der Waals surface area contributed by atoms with Crippen LogP contribution < -0.4 is 5.32 Å². The molecule has 2 N–H and O–H groups in total. The van der Waals surface area contributed by atoms with Crippen molar-refractivity contribution in [3.8, 4) is 16.9 Å². The second-order valence-corrected chi connectivity index (χ2v) is 7.42. The molecule has 156 valence electrons. The van der Waals surface area contributed by atoms with E-state index in [1.807, 2.05) is 62.4 Å². The number of pyridine rings is 1. The first-order valence-electron chi connectivity index (χ1n) is 10.2. The van der Waals surface area contributed by atoms with Gasteiger partial charge < -0.3 is 10.4 Å². The standard InChI is InChI=1S/C25H24N4O2/c1-4-20-22(18-10-6-5-7-11-18)24(29(28-20)23-17(3)9-8-14-26-23)27-21-13-12-16(2)15-19(21)25(30)31/h5-15,27H,4H2,1-3H3,(H,30,31). The van der Waals surface area contributed by atoms with E-state index >= 15 is 0 Å². The van der Waals surface area contributed by atoms with Gasteiger partial charge in [0.15, 0.2) is 5.82 Å². The molecular weight excluding hydrogens is 388 g/mol. The van der Waals surface area contributed by atoms with Crippen LogP contribution in [-0.4, -0.2) is 25.8 Å². The summed E-state index contributed by atoms with van der Waals surface area (Å²) in [4.78, 5) is 16.5. The first-order valence-corrected chi connectivity index (χ1v) is 10.2. The molecule has 0 fully saturated rings. The average Bonchev–Trinajstić information content (AvgIpc) is 3.13. The Labute approximate surface area is 181 Å². The zero-order valence-electron chi connectivity index (χ0n) is 17.8. The van der Waals surface area contributed by atoms with Gasteiger partial charge in [-0.15, -0.1) is 0 Å². The quantitative estimate of drug-likeness (QED) is 0.434. The first kappa shape index (κ1) is 20.3. The van der Waals surface area contributed by atoms with Gasteiger partial charge in [0.05, 0.1) is 16.9 Å². The van der Waals surface area contributed by atoms with Crippen molar-refractivity contribution in [3.05, 3.63) is 89.2 Å². The highest BCUT2D eigenvalue weighted by molar-refractivity contribution is 5.96. The Bertz CT molecular complexity index is 1250. The van der Waals surface area contributed by atoms with Gasteiger partial charge in [-0.1, -0.05) is 55.0 Å². The number of carboxylic acid groups (broad SMARTS) is 1.